The van der Waals surface area contributed by atoms with Crippen LogP contribution in [0.3, 0.4) is 0 Å². The van der Waals surface area contributed by atoms with Crippen LogP contribution in [-0.2, 0) is 4.79 Å². The number of nitrogens with zero attached hydrogens (tertiary/aromatic N) is 2. The molecule has 0 bridgehead atoms. The molecule has 0 radical (unpaired) electrons. The van der Waals surface area contributed by atoms with Gasteiger partial charge in [0.05, 0.1) is 0 Å². The van der Waals surface area contributed by atoms with E-state index in [1.165, 1.54) is 24.3 Å². The smallest absolute Gasteiger partial charge is 0.262 e. The van der Waals surface area contributed by atoms with Crippen molar-refractivity contribution in [2.45, 2.75) is 19.8 Å². The van der Waals surface area contributed by atoms with Gasteiger partial charge in [-0.05, 0) is 42.5 Å². The van der Waals surface area contributed by atoms with Gasteiger partial charge < -0.3 is 14.6 Å². The lowest BCUT2D eigenvalue weighted by atomic mass is 10.2. The van der Waals surface area contributed by atoms with Gasteiger partial charge in [-0.3, -0.25) is 4.79 Å². The van der Waals surface area contributed by atoms with Gasteiger partial charge in [-0.1, -0.05) is 25.1 Å². The molecule has 0 atom stereocenters. The maximum atomic E-state index is 12.9. The molecule has 0 aliphatic carbocycles. The van der Waals surface area contributed by atoms with E-state index in [1.54, 1.807) is 18.2 Å². The molecule has 7 heteroatoms. The van der Waals surface area contributed by atoms with Crippen molar-refractivity contribution in [2.24, 2.45) is 0 Å². The molecule has 2 aromatic carbocycles. The summed E-state index contributed by atoms with van der Waals surface area (Å²) in [4.78, 5) is 16.3. The van der Waals surface area contributed by atoms with Crippen molar-refractivity contribution in [3.8, 4) is 17.2 Å². The Balaban J connectivity index is 1.61. The molecule has 0 aliphatic heterocycles. The molecule has 1 amide bonds. The Morgan fingerprint density at radius 3 is 2.69 bits per heavy atom. The van der Waals surface area contributed by atoms with Crippen LogP contribution in [0.2, 0.25) is 0 Å². The molecule has 0 saturated heterocycles. The highest BCUT2D eigenvalue weighted by Gasteiger charge is 2.12. The summed E-state index contributed by atoms with van der Waals surface area (Å²) in [6.45, 7) is 3.78. The SMILES string of the molecule is CC(C)c1noc(-c2cccc(OCC(=O)Nc3ccc(F)cc3)c2)n1. The van der Waals surface area contributed by atoms with E-state index in [0.717, 1.165) is 0 Å². The number of anilines is 1. The monoisotopic (exact) mass is 355 g/mol. The summed E-state index contributed by atoms with van der Waals surface area (Å²) in [5.74, 6) is 0.989. The maximum Gasteiger partial charge on any atom is 0.262 e. The molecule has 134 valence electrons. The van der Waals surface area contributed by atoms with Crippen LogP contribution in [0.4, 0.5) is 10.1 Å². The molecule has 0 fully saturated rings. The quantitative estimate of drug-likeness (QED) is 0.723. The van der Waals surface area contributed by atoms with E-state index >= 15 is 0 Å². The van der Waals surface area contributed by atoms with Gasteiger partial charge in [0.25, 0.3) is 11.8 Å². The number of amides is 1. The first kappa shape index (κ1) is 17.6. The highest BCUT2D eigenvalue weighted by molar-refractivity contribution is 5.91. The van der Waals surface area contributed by atoms with Crippen LogP contribution in [0.15, 0.2) is 53.1 Å². The van der Waals surface area contributed by atoms with Gasteiger partial charge in [-0.25, -0.2) is 4.39 Å². The number of rotatable bonds is 6. The van der Waals surface area contributed by atoms with Crippen molar-refractivity contribution in [1.29, 1.82) is 0 Å². The Bertz CT molecular complexity index is 891. The molecular weight excluding hydrogens is 337 g/mol. The highest BCUT2D eigenvalue weighted by Crippen LogP contribution is 2.24. The van der Waals surface area contributed by atoms with Crippen molar-refractivity contribution in [2.75, 3.05) is 11.9 Å². The summed E-state index contributed by atoms with van der Waals surface area (Å²) in [6.07, 6.45) is 0. The molecule has 26 heavy (non-hydrogen) atoms. The zero-order valence-corrected chi connectivity index (χ0v) is 14.4. The zero-order chi connectivity index (χ0) is 18.5. The molecule has 1 heterocycles. The first-order valence-corrected chi connectivity index (χ1v) is 8.13. The molecule has 3 rings (SSSR count). The number of aromatic nitrogens is 2. The van der Waals surface area contributed by atoms with Gasteiger partial charge in [-0.15, -0.1) is 0 Å². The van der Waals surface area contributed by atoms with Gasteiger partial charge >= 0.3 is 0 Å². The number of ether oxygens (including phenoxy) is 1. The van der Waals surface area contributed by atoms with E-state index in [4.69, 9.17) is 9.26 Å². The summed E-state index contributed by atoms with van der Waals surface area (Å²) in [7, 11) is 0. The van der Waals surface area contributed by atoms with Crippen LogP contribution in [0.1, 0.15) is 25.6 Å². The van der Waals surface area contributed by atoms with Crippen LogP contribution in [0.5, 0.6) is 5.75 Å². The van der Waals surface area contributed by atoms with Crippen molar-refractivity contribution in [3.63, 3.8) is 0 Å². The Hall–Kier alpha value is -3.22. The number of carbonyl (C=O) groups excluding carboxylic acids is 1. The standard InChI is InChI=1S/C19H18FN3O3/c1-12(2)18-22-19(26-23-18)13-4-3-5-16(10-13)25-11-17(24)21-15-8-6-14(20)7-9-15/h3-10,12H,11H2,1-2H3,(H,21,24). The van der Waals surface area contributed by atoms with Gasteiger partial charge in [0.2, 0.25) is 0 Å². The lowest BCUT2D eigenvalue weighted by molar-refractivity contribution is -0.118. The maximum absolute atomic E-state index is 12.9. The summed E-state index contributed by atoms with van der Waals surface area (Å²) >= 11 is 0. The summed E-state index contributed by atoms with van der Waals surface area (Å²) in [5.41, 5.74) is 1.21. The Morgan fingerprint density at radius 2 is 2.00 bits per heavy atom. The summed E-state index contributed by atoms with van der Waals surface area (Å²) in [6, 6.07) is 12.6. The van der Waals surface area contributed by atoms with Gasteiger partial charge in [0.1, 0.15) is 11.6 Å². The Morgan fingerprint density at radius 1 is 1.23 bits per heavy atom. The average Bonchev–Trinajstić information content (AvgIpc) is 3.13. The van der Waals surface area contributed by atoms with Gasteiger partial charge in [0, 0.05) is 17.2 Å². The molecule has 0 aliphatic rings. The topological polar surface area (TPSA) is 77.2 Å². The van der Waals surface area contributed by atoms with Crippen LogP contribution in [0, 0.1) is 5.82 Å². The average molecular weight is 355 g/mol. The fourth-order valence-corrected chi connectivity index (χ4v) is 2.18. The molecule has 0 unspecified atom stereocenters. The molecule has 0 spiro atoms. The molecular formula is C19H18FN3O3. The van der Waals surface area contributed by atoms with Crippen molar-refractivity contribution >= 4 is 11.6 Å². The molecule has 0 saturated carbocycles. The van der Waals surface area contributed by atoms with Crippen molar-refractivity contribution < 1.29 is 18.4 Å². The summed E-state index contributed by atoms with van der Waals surface area (Å²) < 4.78 is 23.6. The van der Waals surface area contributed by atoms with Crippen molar-refractivity contribution in [3.05, 3.63) is 60.2 Å². The second kappa shape index (κ2) is 7.77. The number of benzene rings is 2. The van der Waals surface area contributed by atoms with E-state index in [2.05, 4.69) is 15.5 Å². The van der Waals surface area contributed by atoms with Crippen LogP contribution in [0.25, 0.3) is 11.5 Å². The number of hydrogen-bond acceptors (Lipinski definition) is 5. The fourth-order valence-electron chi connectivity index (χ4n) is 2.18. The number of carbonyl (C=O) groups is 1. The van der Waals surface area contributed by atoms with Crippen LogP contribution < -0.4 is 10.1 Å². The van der Waals surface area contributed by atoms with Crippen molar-refractivity contribution in [1.82, 2.24) is 10.1 Å². The third-order valence-corrected chi connectivity index (χ3v) is 3.54. The third-order valence-electron chi connectivity index (χ3n) is 3.54. The molecule has 3 aromatic rings. The van der Waals surface area contributed by atoms with E-state index in [-0.39, 0.29) is 24.2 Å². The normalized spacial score (nSPS) is 10.8. The fraction of sp³-hybridized carbons (Fsp3) is 0.211. The van der Waals surface area contributed by atoms with E-state index in [0.29, 0.717) is 28.7 Å². The second-order valence-corrected chi connectivity index (χ2v) is 5.98. The van der Waals surface area contributed by atoms with E-state index in [1.807, 2.05) is 19.9 Å². The molecule has 1 aromatic heterocycles. The zero-order valence-electron chi connectivity index (χ0n) is 14.4. The second-order valence-electron chi connectivity index (χ2n) is 5.98. The minimum absolute atomic E-state index is 0.169. The van der Waals surface area contributed by atoms with Crippen LogP contribution in [-0.4, -0.2) is 22.7 Å². The number of hydrogen-bond donors (Lipinski definition) is 1. The minimum Gasteiger partial charge on any atom is -0.484 e. The largest absolute Gasteiger partial charge is 0.484 e. The van der Waals surface area contributed by atoms with E-state index < -0.39 is 0 Å². The predicted octanol–water partition coefficient (Wildman–Crippen LogP) is 4.02. The number of halogens is 1. The lowest BCUT2D eigenvalue weighted by Crippen LogP contribution is -2.20. The Kier molecular flexibility index (Phi) is 5.26. The molecule has 1 N–H and O–H groups in total. The summed E-state index contributed by atoms with van der Waals surface area (Å²) in [5, 5.41) is 6.56. The third kappa shape index (κ3) is 4.44. The predicted molar refractivity (Wildman–Crippen MR) is 94.3 cm³/mol. The Labute approximate surface area is 150 Å². The first-order chi connectivity index (χ1) is 12.5. The van der Waals surface area contributed by atoms with E-state index in [9.17, 15) is 9.18 Å². The molecule has 6 nitrogen and oxygen atoms in total. The highest BCUT2D eigenvalue weighted by atomic mass is 19.1. The number of nitrogens with one attached hydrogen (secondary N) is 1. The lowest BCUT2D eigenvalue weighted by Gasteiger charge is -2.08. The first-order valence-electron chi connectivity index (χ1n) is 8.13. The van der Waals surface area contributed by atoms with Gasteiger partial charge in [0.15, 0.2) is 12.4 Å². The van der Waals surface area contributed by atoms with Gasteiger partial charge in [-0.2, -0.15) is 4.98 Å². The van der Waals surface area contributed by atoms with Crippen LogP contribution >= 0.6 is 0 Å². The minimum atomic E-state index is -0.363.